The summed E-state index contributed by atoms with van der Waals surface area (Å²) in [6, 6.07) is 4.90. The van der Waals surface area contributed by atoms with Crippen LogP contribution in [0.4, 0.5) is 13.2 Å². The number of hydrogen-bond acceptors (Lipinski definition) is 1. The van der Waals surface area contributed by atoms with E-state index in [0.29, 0.717) is 6.07 Å². The molecule has 2 rings (SSSR count). The highest BCUT2D eigenvalue weighted by Gasteiger charge is 2.21. The van der Waals surface area contributed by atoms with Crippen LogP contribution in [0.3, 0.4) is 0 Å². The van der Waals surface area contributed by atoms with Gasteiger partial charge in [-0.3, -0.25) is 4.79 Å². The zero-order valence-electron chi connectivity index (χ0n) is 9.18. The Balaban J connectivity index is 2.56. The summed E-state index contributed by atoms with van der Waals surface area (Å²) in [5.41, 5.74) is -0.963. The molecule has 0 fully saturated rings. The lowest BCUT2D eigenvalue weighted by Crippen LogP contribution is -2.08. The van der Waals surface area contributed by atoms with E-state index in [-0.39, 0.29) is 9.50 Å². The van der Waals surface area contributed by atoms with Gasteiger partial charge >= 0.3 is 0 Å². The molecule has 0 atom stereocenters. The molecule has 0 heterocycles. The third kappa shape index (κ3) is 2.67. The van der Waals surface area contributed by atoms with E-state index in [9.17, 15) is 18.0 Å². The van der Waals surface area contributed by atoms with Crippen LogP contribution in [0.25, 0.3) is 0 Å². The molecule has 6 heteroatoms. The lowest BCUT2D eigenvalue weighted by atomic mass is 10.0. The molecular weight excluding hydrogens is 344 g/mol. The number of rotatable bonds is 2. The molecule has 0 aliphatic carbocycles. The first-order valence-corrected chi connectivity index (χ1v) is 6.22. The Labute approximate surface area is 120 Å². The van der Waals surface area contributed by atoms with Crippen LogP contribution in [0, 0.1) is 17.5 Å². The third-order valence-corrected chi connectivity index (χ3v) is 3.71. The molecule has 0 N–H and O–H groups in total. The van der Waals surface area contributed by atoms with Gasteiger partial charge in [0.25, 0.3) is 0 Å². The van der Waals surface area contributed by atoms with Crippen LogP contribution in [-0.4, -0.2) is 5.78 Å². The second-order valence-electron chi connectivity index (χ2n) is 3.68. The number of carbonyl (C=O) groups is 1. The van der Waals surface area contributed by atoms with E-state index in [2.05, 4.69) is 15.9 Å². The molecule has 0 unspecified atom stereocenters. The average molecular weight is 350 g/mol. The first-order valence-electron chi connectivity index (χ1n) is 5.05. The number of benzene rings is 2. The van der Waals surface area contributed by atoms with Gasteiger partial charge in [0.2, 0.25) is 0 Å². The summed E-state index contributed by atoms with van der Waals surface area (Å²) in [5, 5.41) is -0.289. The summed E-state index contributed by atoms with van der Waals surface area (Å²) in [6.45, 7) is 0. The van der Waals surface area contributed by atoms with Gasteiger partial charge < -0.3 is 0 Å². The molecule has 0 radical (unpaired) electrons. The monoisotopic (exact) mass is 348 g/mol. The highest BCUT2D eigenvalue weighted by atomic mass is 79.9. The Morgan fingerprint density at radius 2 is 1.74 bits per heavy atom. The van der Waals surface area contributed by atoms with E-state index in [0.717, 1.165) is 18.2 Å². The minimum Gasteiger partial charge on any atom is -0.288 e. The molecule has 0 spiro atoms. The van der Waals surface area contributed by atoms with Crippen molar-refractivity contribution in [2.75, 3.05) is 0 Å². The standard InChI is InChI=1S/C13H5BrClF3O/c14-9-3-2-7(12(18)11(9)15)13(19)8-5-6(16)1-4-10(8)17/h1-5H. The van der Waals surface area contributed by atoms with E-state index in [1.165, 1.54) is 6.07 Å². The summed E-state index contributed by atoms with van der Waals surface area (Å²) in [6.07, 6.45) is 0. The predicted molar refractivity (Wildman–Crippen MR) is 68.9 cm³/mol. The highest BCUT2D eigenvalue weighted by Crippen LogP contribution is 2.29. The van der Waals surface area contributed by atoms with Gasteiger partial charge in [0.05, 0.1) is 16.1 Å². The van der Waals surface area contributed by atoms with Crippen molar-refractivity contribution in [3.63, 3.8) is 0 Å². The van der Waals surface area contributed by atoms with E-state index < -0.39 is 34.4 Å². The largest absolute Gasteiger partial charge is 0.288 e. The number of ketones is 1. The van der Waals surface area contributed by atoms with Crippen molar-refractivity contribution in [3.8, 4) is 0 Å². The Morgan fingerprint density at radius 3 is 2.42 bits per heavy atom. The highest BCUT2D eigenvalue weighted by molar-refractivity contribution is 9.10. The maximum atomic E-state index is 13.8. The second-order valence-corrected chi connectivity index (χ2v) is 4.91. The molecule has 2 aromatic rings. The van der Waals surface area contributed by atoms with E-state index in [1.54, 1.807) is 0 Å². The molecule has 19 heavy (non-hydrogen) atoms. The van der Waals surface area contributed by atoms with Crippen molar-refractivity contribution in [2.45, 2.75) is 0 Å². The minimum atomic E-state index is -0.982. The molecule has 98 valence electrons. The van der Waals surface area contributed by atoms with Gasteiger partial charge in [-0.25, -0.2) is 13.2 Å². The van der Waals surface area contributed by atoms with Crippen LogP contribution in [0.5, 0.6) is 0 Å². The molecule has 0 bridgehead atoms. The summed E-state index contributed by atoms with van der Waals surface area (Å²) in [4.78, 5) is 12.0. The molecule has 0 amide bonds. The van der Waals surface area contributed by atoms with Gasteiger partial charge in [0, 0.05) is 4.47 Å². The fourth-order valence-corrected chi connectivity index (χ4v) is 1.99. The molecule has 0 aliphatic rings. The van der Waals surface area contributed by atoms with E-state index >= 15 is 0 Å². The molecule has 2 aromatic carbocycles. The summed E-state index contributed by atoms with van der Waals surface area (Å²) in [5.74, 6) is -3.66. The van der Waals surface area contributed by atoms with E-state index in [1.807, 2.05) is 0 Å². The molecule has 1 nitrogen and oxygen atoms in total. The molecule has 0 aromatic heterocycles. The Morgan fingerprint density at radius 1 is 1.05 bits per heavy atom. The Bertz CT molecular complexity index is 673. The zero-order valence-corrected chi connectivity index (χ0v) is 11.5. The van der Waals surface area contributed by atoms with Crippen LogP contribution in [0.1, 0.15) is 15.9 Å². The number of carbonyl (C=O) groups excluding carboxylic acids is 1. The molecule has 0 aliphatic heterocycles. The normalized spacial score (nSPS) is 10.6. The second kappa shape index (κ2) is 5.35. The van der Waals surface area contributed by atoms with Crippen molar-refractivity contribution < 1.29 is 18.0 Å². The van der Waals surface area contributed by atoms with Gasteiger partial charge in [-0.2, -0.15) is 0 Å². The fraction of sp³-hybridized carbons (Fsp3) is 0. The van der Waals surface area contributed by atoms with Gasteiger partial charge in [-0.15, -0.1) is 0 Å². The van der Waals surface area contributed by atoms with Crippen molar-refractivity contribution in [1.29, 1.82) is 0 Å². The first kappa shape index (κ1) is 14.1. The van der Waals surface area contributed by atoms with Crippen molar-refractivity contribution in [3.05, 3.63) is 68.4 Å². The predicted octanol–water partition coefficient (Wildman–Crippen LogP) is 4.75. The summed E-state index contributed by atoms with van der Waals surface area (Å²) in [7, 11) is 0. The molecular formula is C13H5BrClF3O. The van der Waals surface area contributed by atoms with Gasteiger partial charge in [-0.1, -0.05) is 11.6 Å². The van der Waals surface area contributed by atoms with Crippen molar-refractivity contribution in [1.82, 2.24) is 0 Å². The van der Waals surface area contributed by atoms with Crippen LogP contribution in [0.2, 0.25) is 5.02 Å². The number of hydrogen-bond donors (Lipinski definition) is 0. The quantitative estimate of drug-likeness (QED) is 0.565. The van der Waals surface area contributed by atoms with Crippen LogP contribution in [-0.2, 0) is 0 Å². The summed E-state index contributed by atoms with van der Waals surface area (Å²) >= 11 is 8.64. The SMILES string of the molecule is O=C(c1cc(F)ccc1F)c1ccc(Br)c(Cl)c1F. The minimum absolute atomic E-state index is 0.267. The topological polar surface area (TPSA) is 17.1 Å². The van der Waals surface area contributed by atoms with Gasteiger partial charge in [-0.05, 0) is 46.3 Å². The zero-order chi connectivity index (χ0) is 14.2. The van der Waals surface area contributed by atoms with Crippen molar-refractivity contribution >= 4 is 33.3 Å². The maximum Gasteiger partial charge on any atom is 0.199 e. The molecule has 0 saturated heterocycles. The van der Waals surface area contributed by atoms with Crippen LogP contribution < -0.4 is 0 Å². The lowest BCUT2D eigenvalue weighted by Gasteiger charge is -2.06. The smallest absolute Gasteiger partial charge is 0.199 e. The first-order chi connectivity index (χ1) is 8.91. The van der Waals surface area contributed by atoms with E-state index in [4.69, 9.17) is 11.6 Å². The molecule has 0 saturated carbocycles. The van der Waals surface area contributed by atoms with Crippen molar-refractivity contribution in [2.24, 2.45) is 0 Å². The average Bonchev–Trinajstić information content (AvgIpc) is 2.38. The summed E-state index contributed by atoms with van der Waals surface area (Å²) < 4.78 is 40.6. The van der Waals surface area contributed by atoms with Gasteiger partial charge in [0.1, 0.15) is 11.6 Å². The number of halogens is 5. The Kier molecular flexibility index (Phi) is 3.96. The maximum absolute atomic E-state index is 13.8. The fourth-order valence-electron chi connectivity index (χ4n) is 1.52. The lowest BCUT2D eigenvalue weighted by molar-refractivity contribution is 0.103. The Hall–Kier alpha value is -1.33. The van der Waals surface area contributed by atoms with Gasteiger partial charge in [0.15, 0.2) is 11.6 Å². The van der Waals surface area contributed by atoms with Crippen LogP contribution in [0.15, 0.2) is 34.8 Å². The third-order valence-electron chi connectivity index (χ3n) is 2.45. The van der Waals surface area contributed by atoms with Crippen LogP contribution >= 0.6 is 27.5 Å².